The molecule has 6 N–H and O–H groups in total. The number of benzene rings is 2. The second kappa shape index (κ2) is 3.53. The summed E-state index contributed by atoms with van der Waals surface area (Å²) in [5.41, 5.74) is 6.06. The molecule has 0 saturated heterocycles. The van der Waals surface area contributed by atoms with Gasteiger partial charge in [0.05, 0.1) is 4.90 Å². The minimum atomic E-state index is -3.83. The maximum atomic E-state index is 9.70. The number of fused-ring (bicyclic) bond motifs is 1. The summed E-state index contributed by atoms with van der Waals surface area (Å²) >= 11 is 0. The highest BCUT2D eigenvalue weighted by Crippen LogP contribution is 2.47. The third-order valence-corrected chi connectivity index (χ3v) is 3.15. The molecule has 0 saturated carbocycles. The van der Waals surface area contributed by atoms with Crippen molar-refractivity contribution < 1.29 is 18.8 Å². The van der Waals surface area contributed by atoms with Gasteiger partial charge in [-0.05, 0) is 23.6 Å². The van der Waals surface area contributed by atoms with E-state index in [0.717, 1.165) is 6.07 Å². The van der Waals surface area contributed by atoms with E-state index in [1.54, 1.807) is 18.2 Å². The van der Waals surface area contributed by atoms with E-state index >= 15 is 0 Å². The van der Waals surface area contributed by atoms with Crippen LogP contribution in [0.25, 0.3) is 10.8 Å². The molecule has 0 unspecified atom stereocenters. The molecular formula is C10H11NO4S. The van der Waals surface area contributed by atoms with E-state index in [2.05, 4.69) is 0 Å². The molecule has 0 atom stereocenters. The quantitative estimate of drug-likeness (QED) is 0.493. The molecule has 16 heavy (non-hydrogen) atoms. The summed E-state index contributed by atoms with van der Waals surface area (Å²) in [6, 6.07) is 7.41. The number of hydrogen-bond donors (Lipinski definition) is 5. The molecule has 86 valence electrons. The molecule has 0 bridgehead atoms. The van der Waals surface area contributed by atoms with Crippen LogP contribution in [0.1, 0.15) is 0 Å². The normalized spacial score (nSPS) is 12.9. The Balaban J connectivity index is 2.79. The van der Waals surface area contributed by atoms with Gasteiger partial charge in [-0.2, -0.15) is 0 Å². The maximum absolute atomic E-state index is 9.70. The lowest BCUT2D eigenvalue weighted by Gasteiger charge is -2.20. The molecule has 6 heteroatoms. The zero-order valence-electron chi connectivity index (χ0n) is 8.16. The predicted molar refractivity (Wildman–Crippen MR) is 63.8 cm³/mol. The molecule has 0 amide bonds. The van der Waals surface area contributed by atoms with E-state index in [1.165, 1.54) is 6.07 Å². The van der Waals surface area contributed by atoms with Gasteiger partial charge in [0.15, 0.2) is 0 Å². The number of phenolic OH excluding ortho intramolecular Hbond substituents is 1. The minimum Gasteiger partial charge on any atom is -0.507 e. The van der Waals surface area contributed by atoms with E-state index < -0.39 is 10.9 Å². The van der Waals surface area contributed by atoms with Crippen LogP contribution in [0.4, 0.5) is 5.69 Å². The molecular weight excluding hydrogens is 230 g/mol. The second-order valence-corrected chi connectivity index (χ2v) is 4.92. The molecule has 0 radical (unpaired) electrons. The summed E-state index contributed by atoms with van der Waals surface area (Å²) < 4.78 is 27.3. The lowest BCUT2D eigenvalue weighted by molar-refractivity contribution is 0.375. The van der Waals surface area contributed by atoms with Crippen LogP contribution in [-0.4, -0.2) is 18.8 Å². The predicted octanol–water partition coefficient (Wildman–Crippen LogP) is 2.71. The van der Waals surface area contributed by atoms with Crippen LogP contribution in [0.5, 0.6) is 5.75 Å². The number of aromatic hydroxyl groups is 1. The average Bonchev–Trinajstić information content (AvgIpc) is 2.15. The van der Waals surface area contributed by atoms with E-state index in [4.69, 9.17) is 19.4 Å². The first-order valence-corrected chi connectivity index (χ1v) is 5.92. The van der Waals surface area contributed by atoms with Crippen molar-refractivity contribution in [3.63, 3.8) is 0 Å². The van der Waals surface area contributed by atoms with Crippen molar-refractivity contribution >= 4 is 27.3 Å². The van der Waals surface area contributed by atoms with Crippen LogP contribution in [0.15, 0.2) is 35.2 Å². The summed E-state index contributed by atoms with van der Waals surface area (Å²) in [5, 5.41) is 10.7. The van der Waals surface area contributed by atoms with Gasteiger partial charge < -0.3 is 24.5 Å². The van der Waals surface area contributed by atoms with Crippen molar-refractivity contribution in [2.75, 3.05) is 5.73 Å². The van der Waals surface area contributed by atoms with Crippen LogP contribution in [-0.2, 0) is 0 Å². The van der Waals surface area contributed by atoms with Crippen LogP contribution in [0, 0.1) is 0 Å². The van der Waals surface area contributed by atoms with Gasteiger partial charge >= 0.3 is 0 Å². The minimum absolute atomic E-state index is 0.136. The fraction of sp³-hybridized carbons (Fsp3) is 0. The molecule has 0 aromatic heterocycles. The summed E-state index contributed by atoms with van der Waals surface area (Å²) in [7, 11) is -3.83. The third kappa shape index (κ3) is 1.79. The van der Waals surface area contributed by atoms with E-state index in [-0.39, 0.29) is 10.6 Å². The molecule has 0 aliphatic rings. The number of rotatable bonds is 1. The Morgan fingerprint density at radius 1 is 1.06 bits per heavy atom. The van der Waals surface area contributed by atoms with Gasteiger partial charge in [0, 0.05) is 11.1 Å². The molecule has 0 fully saturated rings. The molecule has 0 spiro atoms. The molecule has 0 heterocycles. The van der Waals surface area contributed by atoms with E-state index in [0.29, 0.717) is 16.5 Å². The van der Waals surface area contributed by atoms with Crippen LogP contribution in [0.2, 0.25) is 0 Å². The second-order valence-electron chi connectivity index (χ2n) is 3.41. The van der Waals surface area contributed by atoms with Crippen LogP contribution >= 0.6 is 10.9 Å². The standard InChI is InChI=1S/C10H11NO4S/c11-8-3-1-2-6-4-7(16(13,14)15)5-9(12)10(6)8/h1-5,12-15H,11H2. The van der Waals surface area contributed by atoms with Gasteiger partial charge in [0.25, 0.3) is 0 Å². The van der Waals surface area contributed by atoms with Crippen molar-refractivity contribution in [1.82, 2.24) is 0 Å². The first-order valence-electron chi connectivity index (χ1n) is 4.41. The fourth-order valence-electron chi connectivity index (χ4n) is 1.56. The van der Waals surface area contributed by atoms with Gasteiger partial charge in [-0.15, -0.1) is 0 Å². The van der Waals surface area contributed by atoms with Gasteiger partial charge in [-0.1, -0.05) is 12.1 Å². The highest BCUT2D eigenvalue weighted by molar-refractivity contribution is 8.19. The number of nitrogen functional groups attached to an aromatic ring is 1. The Labute approximate surface area is 93.3 Å². The zero-order chi connectivity index (χ0) is 11.9. The lowest BCUT2D eigenvalue weighted by Crippen LogP contribution is -1.96. The molecule has 2 rings (SSSR count). The Morgan fingerprint density at radius 3 is 2.38 bits per heavy atom. The smallest absolute Gasteiger partial charge is 0.126 e. The van der Waals surface area contributed by atoms with Crippen LogP contribution < -0.4 is 5.73 Å². The Kier molecular flexibility index (Phi) is 2.43. The summed E-state index contributed by atoms with van der Waals surface area (Å²) in [6.07, 6.45) is 0. The Hall–Kier alpha value is -1.47. The molecule has 2 aromatic carbocycles. The number of anilines is 1. The van der Waals surface area contributed by atoms with E-state index in [1.807, 2.05) is 0 Å². The van der Waals surface area contributed by atoms with Gasteiger partial charge in [0.2, 0.25) is 0 Å². The lowest BCUT2D eigenvalue weighted by atomic mass is 10.1. The summed E-state index contributed by atoms with van der Waals surface area (Å²) in [4.78, 5) is -0.136. The highest BCUT2D eigenvalue weighted by Gasteiger charge is 2.18. The highest BCUT2D eigenvalue weighted by atomic mass is 32.3. The van der Waals surface area contributed by atoms with Crippen LogP contribution in [0.3, 0.4) is 0 Å². The van der Waals surface area contributed by atoms with Gasteiger partial charge in [-0.25, -0.2) is 0 Å². The first kappa shape index (κ1) is 11.0. The summed E-state index contributed by atoms with van der Waals surface area (Å²) in [5.74, 6) is -0.195. The third-order valence-electron chi connectivity index (χ3n) is 2.28. The zero-order valence-corrected chi connectivity index (χ0v) is 8.98. The van der Waals surface area contributed by atoms with Crippen molar-refractivity contribution in [3.05, 3.63) is 30.3 Å². The Bertz CT molecular complexity index is 550. The topological polar surface area (TPSA) is 107 Å². The first-order chi connectivity index (χ1) is 7.39. The maximum Gasteiger partial charge on any atom is 0.126 e. The average molecular weight is 241 g/mol. The monoisotopic (exact) mass is 241 g/mol. The Morgan fingerprint density at radius 2 is 1.75 bits per heavy atom. The van der Waals surface area contributed by atoms with Gasteiger partial charge in [0.1, 0.15) is 16.6 Å². The largest absolute Gasteiger partial charge is 0.507 e. The summed E-state index contributed by atoms with van der Waals surface area (Å²) in [6.45, 7) is 0. The van der Waals surface area contributed by atoms with Crippen molar-refractivity contribution in [1.29, 1.82) is 0 Å². The van der Waals surface area contributed by atoms with Crippen molar-refractivity contribution in [2.24, 2.45) is 0 Å². The van der Waals surface area contributed by atoms with Crippen molar-refractivity contribution in [2.45, 2.75) is 4.90 Å². The molecule has 2 aromatic rings. The number of hydrogen-bond acceptors (Lipinski definition) is 5. The van der Waals surface area contributed by atoms with Crippen molar-refractivity contribution in [3.8, 4) is 5.75 Å². The fourth-order valence-corrected chi connectivity index (χ4v) is 2.12. The number of nitrogens with two attached hydrogens (primary N) is 1. The molecule has 5 nitrogen and oxygen atoms in total. The molecule has 0 aliphatic carbocycles. The SMILES string of the molecule is Nc1cccc2cc(S(O)(O)O)cc(O)c12. The number of phenols is 1. The van der Waals surface area contributed by atoms with Gasteiger partial charge in [-0.3, -0.25) is 0 Å². The molecule has 0 aliphatic heterocycles. The van der Waals surface area contributed by atoms with E-state index in [9.17, 15) is 5.11 Å².